The van der Waals surface area contributed by atoms with Gasteiger partial charge < -0.3 is 10.6 Å². The maximum Gasteiger partial charge on any atom is 0.433 e. The van der Waals surface area contributed by atoms with Gasteiger partial charge in [-0.3, -0.25) is 4.90 Å². The number of halogens is 3. The van der Waals surface area contributed by atoms with Crippen molar-refractivity contribution in [1.82, 2.24) is 14.9 Å². The largest absolute Gasteiger partial charge is 0.433 e. The number of alkyl halides is 3. The average Bonchev–Trinajstić information content (AvgIpc) is 2.60. The SMILES string of the molecule is Nc1nc(N2CCN(CCc3ccccc3)CC2)cc(C(F)(F)F)n1. The quantitative estimate of drug-likeness (QED) is 0.917. The van der Waals surface area contributed by atoms with Gasteiger partial charge in [-0.15, -0.1) is 0 Å². The summed E-state index contributed by atoms with van der Waals surface area (Å²) in [5.74, 6) is -0.112. The molecule has 2 N–H and O–H groups in total. The summed E-state index contributed by atoms with van der Waals surface area (Å²) in [6.07, 6.45) is -3.57. The second kappa shape index (κ2) is 7.26. The van der Waals surface area contributed by atoms with Gasteiger partial charge in [0.05, 0.1) is 0 Å². The second-order valence-electron chi connectivity index (χ2n) is 6.03. The van der Waals surface area contributed by atoms with E-state index in [2.05, 4.69) is 27.0 Å². The molecule has 1 aliphatic rings. The molecule has 0 spiro atoms. The van der Waals surface area contributed by atoms with Gasteiger partial charge in [0.2, 0.25) is 5.95 Å². The van der Waals surface area contributed by atoms with Crippen LogP contribution in [-0.2, 0) is 12.6 Å². The fourth-order valence-electron chi connectivity index (χ4n) is 2.89. The summed E-state index contributed by atoms with van der Waals surface area (Å²) < 4.78 is 38.6. The smallest absolute Gasteiger partial charge is 0.368 e. The highest BCUT2D eigenvalue weighted by Crippen LogP contribution is 2.30. The molecule has 0 radical (unpaired) electrons. The lowest BCUT2D eigenvalue weighted by molar-refractivity contribution is -0.141. The van der Waals surface area contributed by atoms with Crippen molar-refractivity contribution in [2.75, 3.05) is 43.4 Å². The van der Waals surface area contributed by atoms with Gasteiger partial charge in [-0.1, -0.05) is 30.3 Å². The highest BCUT2D eigenvalue weighted by Gasteiger charge is 2.34. The van der Waals surface area contributed by atoms with E-state index in [0.717, 1.165) is 32.1 Å². The number of hydrogen-bond donors (Lipinski definition) is 1. The third-order valence-corrected chi connectivity index (χ3v) is 4.28. The molecule has 1 aliphatic heterocycles. The molecule has 0 aliphatic carbocycles. The minimum Gasteiger partial charge on any atom is -0.368 e. The molecule has 25 heavy (non-hydrogen) atoms. The van der Waals surface area contributed by atoms with Gasteiger partial charge in [-0.25, -0.2) is 4.98 Å². The van der Waals surface area contributed by atoms with Crippen molar-refractivity contribution in [2.24, 2.45) is 0 Å². The predicted molar refractivity (Wildman–Crippen MR) is 90.2 cm³/mol. The standard InChI is InChI=1S/C17H20F3N5/c18-17(19,20)14-12-15(23-16(21)22-14)25-10-8-24(9-11-25)7-6-13-4-2-1-3-5-13/h1-5,12H,6-11H2,(H2,21,22,23). The van der Waals surface area contributed by atoms with Crippen molar-refractivity contribution in [3.8, 4) is 0 Å². The summed E-state index contributed by atoms with van der Waals surface area (Å²) in [7, 11) is 0. The predicted octanol–water partition coefficient (Wildman–Crippen LogP) is 2.44. The van der Waals surface area contributed by atoms with Gasteiger partial charge in [-0.05, 0) is 12.0 Å². The topological polar surface area (TPSA) is 58.3 Å². The van der Waals surface area contributed by atoms with Crippen molar-refractivity contribution in [2.45, 2.75) is 12.6 Å². The number of benzene rings is 1. The van der Waals surface area contributed by atoms with E-state index in [9.17, 15) is 13.2 Å². The molecule has 134 valence electrons. The summed E-state index contributed by atoms with van der Waals surface area (Å²) in [6.45, 7) is 3.71. The Morgan fingerprint density at radius 2 is 1.68 bits per heavy atom. The van der Waals surface area contributed by atoms with Crippen molar-refractivity contribution in [1.29, 1.82) is 0 Å². The Morgan fingerprint density at radius 1 is 1.00 bits per heavy atom. The molecular weight excluding hydrogens is 331 g/mol. The van der Waals surface area contributed by atoms with E-state index in [1.54, 1.807) is 0 Å². The van der Waals surface area contributed by atoms with E-state index in [1.165, 1.54) is 5.56 Å². The molecule has 0 amide bonds. The van der Waals surface area contributed by atoms with E-state index in [4.69, 9.17) is 5.73 Å². The van der Waals surface area contributed by atoms with Crippen LogP contribution in [0.1, 0.15) is 11.3 Å². The number of nitrogen functional groups attached to an aromatic ring is 1. The fraction of sp³-hybridized carbons (Fsp3) is 0.412. The molecule has 0 atom stereocenters. The first-order valence-corrected chi connectivity index (χ1v) is 8.15. The van der Waals surface area contributed by atoms with Crippen LogP contribution in [0.5, 0.6) is 0 Å². The van der Waals surface area contributed by atoms with Gasteiger partial charge in [0.1, 0.15) is 5.82 Å². The van der Waals surface area contributed by atoms with Gasteiger partial charge in [0.25, 0.3) is 0 Å². The van der Waals surface area contributed by atoms with Crippen LogP contribution in [-0.4, -0.2) is 47.6 Å². The van der Waals surface area contributed by atoms with Crippen molar-refractivity contribution in [3.05, 3.63) is 47.7 Å². The van der Waals surface area contributed by atoms with E-state index in [-0.39, 0.29) is 11.8 Å². The Hall–Kier alpha value is -2.35. The van der Waals surface area contributed by atoms with Crippen molar-refractivity contribution < 1.29 is 13.2 Å². The van der Waals surface area contributed by atoms with E-state index in [0.29, 0.717) is 13.1 Å². The Kier molecular flexibility index (Phi) is 5.08. The van der Waals surface area contributed by atoms with Crippen molar-refractivity contribution in [3.63, 3.8) is 0 Å². The molecule has 1 saturated heterocycles. The number of rotatable bonds is 4. The molecule has 1 fully saturated rings. The monoisotopic (exact) mass is 351 g/mol. The Labute approximate surface area is 144 Å². The van der Waals surface area contributed by atoms with Crippen LogP contribution >= 0.6 is 0 Å². The maximum atomic E-state index is 12.9. The first-order valence-electron chi connectivity index (χ1n) is 8.15. The normalized spacial score (nSPS) is 16.2. The average molecular weight is 351 g/mol. The molecule has 5 nitrogen and oxygen atoms in total. The molecule has 0 unspecified atom stereocenters. The van der Waals surface area contributed by atoms with Gasteiger partial charge in [0.15, 0.2) is 5.69 Å². The van der Waals surface area contributed by atoms with Gasteiger partial charge in [-0.2, -0.15) is 18.2 Å². The van der Waals surface area contributed by atoms with Gasteiger partial charge >= 0.3 is 6.18 Å². The number of hydrogen-bond acceptors (Lipinski definition) is 5. The molecule has 0 saturated carbocycles. The number of anilines is 2. The Bertz CT molecular complexity index is 697. The fourth-order valence-corrected chi connectivity index (χ4v) is 2.89. The van der Waals surface area contributed by atoms with E-state index < -0.39 is 11.9 Å². The highest BCUT2D eigenvalue weighted by atomic mass is 19.4. The number of piperazine rings is 1. The molecule has 1 aromatic carbocycles. The zero-order valence-corrected chi connectivity index (χ0v) is 13.7. The zero-order valence-electron chi connectivity index (χ0n) is 13.7. The lowest BCUT2D eigenvalue weighted by Gasteiger charge is -2.35. The van der Waals surface area contributed by atoms with E-state index >= 15 is 0 Å². The zero-order chi connectivity index (χ0) is 17.9. The summed E-state index contributed by atoms with van der Waals surface area (Å²) in [5, 5.41) is 0. The molecule has 1 aromatic heterocycles. The maximum absolute atomic E-state index is 12.9. The molecule has 3 rings (SSSR count). The van der Waals surface area contributed by atoms with Crippen LogP contribution in [0.2, 0.25) is 0 Å². The molecule has 0 bridgehead atoms. The second-order valence-corrected chi connectivity index (χ2v) is 6.03. The van der Waals surface area contributed by atoms with Crippen LogP contribution in [0.25, 0.3) is 0 Å². The van der Waals surface area contributed by atoms with Crippen LogP contribution in [0.4, 0.5) is 24.9 Å². The first kappa shape index (κ1) is 17.5. The van der Waals surface area contributed by atoms with Crippen LogP contribution < -0.4 is 10.6 Å². The summed E-state index contributed by atoms with van der Waals surface area (Å²) in [5.41, 5.74) is 5.73. The van der Waals surface area contributed by atoms with Gasteiger partial charge in [0, 0.05) is 38.8 Å². The van der Waals surface area contributed by atoms with E-state index in [1.807, 2.05) is 23.1 Å². The van der Waals surface area contributed by atoms with Crippen molar-refractivity contribution >= 4 is 11.8 Å². The minimum absolute atomic E-state index is 0.238. The number of nitrogens with two attached hydrogens (primary N) is 1. The minimum atomic E-state index is -4.52. The summed E-state index contributed by atoms with van der Waals surface area (Å²) >= 11 is 0. The molecular formula is C17H20F3N5. The third-order valence-electron chi connectivity index (χ3n) is 4.28. The Morgan fingerprint density at radius 3 is 2.32 bits per heavy atom. The molecule has 8 heteroatoms. The molecule has 2 heterocycles. The number of nitrogens with zero attached hydrogens (tertiary/aromatic N) is 4. The number of aromatic nitrogens is 2. The summed E-state index contributed by atoms with van der Waals surface area (Å²) in [4.78, 5) is 11.4. The van der Waals surface area contributed by atoms with Crippen LogP contribution in [0, 0.1) is 0 Å². The van der Waals surface area contributed by atoms with Crippen LogP contribution in [0.3, 0.4) is 0 Å². The lowest BCUT2D eigenvalue weighted by Crippen LogP contribution is -2.47. The van der Waals surface area contributed by atoms with Crippen LogP contribution in [0.15, 0.2) is 36.4 Å². The highest BCUT2D eigenvalue weighted by molar-refractivity contribution is 5.44. The summed E-state index contributed by atoms with van der Waals surface area (Å²) in [6, 6.07) is 11.2. The third kappa shape index (κ3) is 4.60. The Balaban J connectivity index is 1.58. The lowest BCUT2D eigenvalue weighted by atomic mass is 10.1. The molecule has 2 aromatic rings. The first-order chi connectivity index (χ1) is 11.9.